The minimum Gasteiger partial charge on any atom is -0.490 e. The Morgan fingerprint density at radius 3 is 2.52 bits per heavy atom. The van der Waals surface area contributed by atoms with Crippen molar-refractivity contribution in [1.29, 1.82) is 0 Å². The Labute approximate surface area is 170 Å². The van der Waals surface area contributed by atoms with Crippen molar-refractivity contribution >= 4 is 29.1 Å². The summed E-state index contributed by atoms with van der Waals surface area (Å²) >= 11 is 12.5. The first-order valence-corrected chi connectivity index (χ1v) is 9.79. The van der Waals surface area contributed by atoms with E-state index in [4.69, 9.17) is 32.4 Å². The molecule has 1 aromatic heterocycles. The van der Waals surface area contributed by atoms with Crippen LogP contribution in [0.15, 0.2) is 34.9 Å². The maximum absolute atomic E-state index is 12.5. The predicted molar refractivity (Wildman–Crippen MR) is 109 cm³/mol. The Hall–Kier alpha value is -1.69. The Morgan fingerprint density at radius 1 is 1.26 bits per heavy atom. The van der Waals surface area contributed by atoms with E-state index < -0.39 is 0 Å². The second kappa shape index (κ2) is 10.6. The van der Waals surface area contributed by atoms with Gasteiger partial charge in [0.1, 0.15) is 5.76 Å². The standard InChI is InChI=1S/C20H26Cl2N2O3/c1-4-5-6-9-27-19-15(21)11-14(12-16(19)22)20(25)23-13-17(24(2)3)18-8-7-10-26-18/h7-8,10-12,17H,4-6,9,13H2,1-3H3,(H,23,25). The minimum absolute atomic E-state index is 0.0731. The van der Waals surface area contributed by atoms with E-state index >= 15 is 0 Å². The molecule has 5 nitrogen and oxygen atoms in total. The summed E-state index contributed by atoms with van der Waals surface area (Å²) in [6, 6.07) is 6.79. The molecule has 1 N–H and O–H groups in total. The molecular weight excluding hydrogens is 387 g/mol. The van der Waals surface area contributed by atoms with Crippen molar-refractivity contribution in [3.8, 4) is 5.75 Å². The van der Waals surface area contributed by atoms with Gasteiger partial charge in [0, 0.05) is 12.1 Å². The summed E-state index contributed by atoms with van der Waals surface area (Å²) in [5.74, 6) is 0.953. The van der Waals surface area contributed by atoms with Crippen LogP contribution in [0.25, 0.3) is 0 Å². The molecule has 0 saturated heterocycles. The lowest BCUT2D eigenvalue weighted by Gasteiger charge is -2.22. The summed E-state index contributed by atoms with van der Waals surface area (Å²) in [7, 11) is 3.86. The molecular formula is C20H26Cl2N2O3. The van der Waals surface area contributed by atoms with Crippen molar-refractivity contribution in [2.45, 2.75) is 32.2 Å². The summed E-state index contributed by atoms with van der Waals surface area (Å²) in [6.07, 6.45) is 4.74. The van der Waals surface area contributed by atoms with Gasteiger partial charge in [-0.3, -0.25) is 9.69 Å². The van der Waals surface area contributed by atoms with E-state index in [0.29, 0.717) is 34.5 Å². The van der Waals surface area contributed by atoms with Crippen LogP contribution in [-0.2, 0) is 0 Å². The molecule has 7 heteroatoms. The summed E-state index contributed by atoms with van der Waals surface area (Å²) in [4.78, 5) is 14.5. The summed E-state index contributed by atoms with van der Waals surface area (Å²) in [6.45, 7) is 3.07. The number of benzene rings is 1. The third kappa shape index (κ3) is 6.16. The van der Waals surface area contributed by atoms with Gasteiger partial charge < -0.3 is 14.5 Å². The first kappa shape index (κ1) is 21.6. The molecule has 0 aliphatic heterocycles. The molecule has 2 rings (SSSR count). The highest BCUT2D eigenvalue weighted by atomic mass is 35.5. The molecule has 1 aromatic carbocycles. The van der Waals surface area contributed by atoms with Gasteiger partial charge in [-0.1, -0.05) is 43.0 Å². The number of nitrogens with one attached hydrogen (secondary N) is 1. The second-order valence-corrected chi connectivity index (χ2v) is 7.34. The average molecular weight is 413 g/mol. The van der Waals surface area contributed by atoms with Gasteiger partial charge >= 0.3 is 0 Å². The number of carbonyl (C=O) groups excluding carboxylic acids is 1. The van der Waals surface area contributed by atoms with Crippen molar-refractivity contribution in [2.24, 2.45) is 0 Å². The summed E-state index contributed by atoms with van der Waals surface area (Å²) in [5.41, 5.74) is 0.392. The molecule has 27 heavy (non-hydrogen) atoms. The zero-order chi connectivity index (χ0) is 19.8. The quantitative estimate of drug-likeness (QED) is 0.545. The van der Waals surface area contributed by atoms with Crippen molar-refractivity contribution < 1.29 is 13.9 Å². The fourth-order valence-corrected chi connectivity index (χ4v) is 3.26. The van der Waals surface area contributed by atoms with Crippen LogP contribution < -0.4 is 10.1 Å². The van der Waals surface area contributed by atoms with Crippen LogP contribution >= 0.6 is 23.2 Å². The average Bonchev–Trinajstić information content (AvgIpc) is 3.14. The maximum Gasteiger partial charge on any atom is 0.251 e. The Bertz CT molecular complexity index is 710. The fourth-order valence-electron chi connectivity index (χ4n) is 2.67. The SMILES string of the molecule is CCCCCOc1c(Cl)cc(C(=O)NCC(c2ccco2)N(C)C)cc1Cl. The minimum atomic E-state index is -0.255. The van der Waals surface area contributed by atoms with Crippen LogP contribution in [0, 0.1) is 0 Å². The molecule has 0 bridgehead atoms. The number of halogens is 2. The number of unbranched alkanes of at least 4 members (excludes halogenated alkanes) is 2. The van der Waals surface area contributed by atoms with E-state index in [-0.39, 0.29) is 11.9 Å². The Kier molecular flexibility index (Phi) is 8.48. The van der Waals surface area contributed by atoms with Gasteiger partial charge in [-0.05, 0) is 44.8 Å². The zero-order valence-corrected chi connectivity index (χ0v) is 17.4. The van der Waals surface area contributed by atoms with E-state index in [0.717, 1.165) is 25.0 Å². The molecule has 1 unspecified atom stereocenters. The lowest BCUT2D eigenvalue weighted by molar-refractivity contribution is 0.0939. The lowest BCUT2D eigenvalue weighted by Crippen LogP contribution is -2.34. The van der Waals surface area contributed by atoms with Crippen LogP contribution in [-0.4, -0.2) is 38.1 Å². The largest absolute Gasteiger partial charge is 0.490 e. The van der Waals surface area contributed by atoms with E-state index in [1.165, 1.54) is 0 Å². The highest BCUT2D eigenvalue weighted by Gasteiger charge is 2.19. The van der Waals surface area contributed by atoms with E-state index in [9.17, 15) is 4.79 Å². The number of amides is 1. The molecule has 0 radical (unpaired) electrons. The Balaban J connectivity index is 2.01. The van der Waals surface area contributed by atoms with Crippen LogP contribution in [0.1, 0.15) is 48.3 Å². The molecule has 1 heterocycles. The van der Waals surface area contributed by atoms with Crippen LogP contribution in [0.4, 0.5) is 0 Å². The van der Waals surface area contributed by atoms with Gasteiger partial charge in [-0.2, -0.15) is 0 Å². The van der Waals surface area contributed by atoms with Gasteiger partial charge in [0.25, 0.3) is 5.91 Å². The third-order valence-corrected chi connectivity index (χ3v) is 4.77. The zero-order valence-electron chi connectivity index (χ0n) is 15.9. The van der Waals surface area contributed by atoms with E-state index in [1.807, 2.05) is 31.1 Å². The number of likely N-dealkylation sites (N-methyl/N-ethyl adjacent to an activating group) is 1. The highest BCUT2D eigenvalue weighted by molar-refractivity contribution is 6.37. The molecule has 1 amide bonds. The number of ether oxygens (including phenoxy) is 1. The van der Waals surface area contributed by atoms with Crippen molar-refractivity contribution in [1.82, 2.24) is 10.2 Å². The van der Waals surface area contributed by atoms with Crippen LogP contribution in [0.5, 0.6) is 5.75 Å². The molecule has 0 aliphatic rings. The molecule has 1 atom stereocenters. The molecule has 0 fully saturated rings. The van der Waals surface area contributed by atoms with E-state index in [1.54, 1.807) is 18.4 Å². The molecule has 0 aliphatic carbocycles. The monoisotopic (exact) mass is 412 g/mol. The topological polar surface area (TPSA) is 54.7 Å². The number of furan rings is 1. The highest BCUT2D eigenvalue weighted by Crippen LogP contribution is 2.34. The van der Waals surface area contributed by atoms with Crippen molar-refractivity contribution in [2.75, 3.05) is 27.2 Å². The summed E-state index contributed by atoms with van der Waals surface area (Å²) in [5, 5.41) is 3.57. The van der Waals surface area contributed by atoms with Crippen LogP contribution in [0.2, 0.25) is 10.0 Å². The number of carbonyl (C=O) groups is 1. The Morgan fingerprint density at radius 2 is 1.96 bits per heavy atom. The molecule has 0 spiro atoms. The maximum atomic E-state index is 12.5. The van der Waals surface area contributed by atoms with Crippen LogP contribution in [0.3, 0.4) is 0 Å². The number of hydrogen-bond acceptors (Lipinski definition) is 4. The fraction of sp³-hybridized carbons (Fsp3) is 0.450. The number of hydrogen-bond donors (Lipinski definition) is 1. The van der Waals surface area contributed by atoms with Gasteiger partial charge in [-0.25, -0.2) is 0 Å². The first-order chi connectivity index (χ1) is 12.9. The number of rotatable bonds is 10. The predicted octanol–water partition coefficient (Wildman–Crippen LogP) is 5.19. The van der Waals surface area contributed by atoms with Crippen molar-refractivity contribution in [3.05, 3.63) is 51.9 Å². The normalized spacial score (nSPS) is 12.2. The van der Waals surface area contributed by atoms with E-state index in [2.05, 4.69) is 12.2 Å². The number of nitrogens with zero attached hydrogens (tertiary/aromatic N) is 1. The molecule has 0 saturated carbocycles. The van der Waals surface area contributed by atoms with Gasteiger partial charge in [0.2, 0.25) is 0 Å². The third-order valence-electron chi connectivity index (χ3n) is 4.21. The molecule has 2 aromatic rings. The first-order valence-electron chi connectivity index (χ1n) is 9.03. The lowest BCUT2D eigenvalue weighted by atomic mass is 10.1. The second-order valence-electron chi connectivity index (χ2n) is 6.53. The van der Waals surface area contributed by atoms with Gasteiger partial charge in [0.15, 0.2) is 5.75 Å². The summed E-state index contributed by atoms with van der Waals surface area (Å²) < 4.78 is 11.1. The smallest absolute Gasteiger partial charge is 0.251 e. The van der Waals surface area contributed by atoms with Gasteiger partial charge in [-0.15, -0.1) is 0 Å². The molecule has 148 valence electrons. The van der Waals surface area contributed by atoms with Gasteiger partial charge in [0.05, 0.1) is 29.0 Å². The van der Waals surface area contributed by atoms with Crippen molar-refractivity contribution in [3.63, 3.8) is 0 Å².